The van der Waals surface area contributed by atoms with Crippen molar-refractivity contribution in [3.8, 4) is 5.75 Å². The van der Waals surface area contributed by atoms with Crippen LogP contribution in [0, 0.1) is 0 Å². The summed E-state index contributed by atoms with van der Waals surface area (Å²) in [4.78, 5) is 0. The van der Waals surface area contributed by atoms with Crippen molar-refractivity contribution in [1.82, 2.24) is 0 Å². The highest BCUT2D eigenvalue weighted by atomic mass is 16.5. The molecule has 0 fully saturated rings. The first kappa shape index (κ1) is 9.53. The molecule has 0 bridgehead atoms. The fraction of sp³-hybridized carbons (Fsp3) is 0.500. The molecular weight excluding hydrogens is 176 g/mol. The molecule has 0 amide bonds. The lowest BCUT2D eigenvalue weighted by molar-refractivity contribution is 0.0782. The second-order valence-electron chi connectivity index (χ2n) is 4.51. The van der Waals surface area contributed by atoms with Crippen molar-refractivity contribution in [2.75, 3.05) is 0 Å². The predicted molar refractivity (Wildman–Crippen MR) is 55.5 cm³/mol. The Morgan fingerprint density at radius 3 is 2.79 bits per heavy atom. The molecule has 0 aromatic heterocycles. The summed E-state index contributed by atoms with van der Waals surface area (Å²) < 4.78 is 5.63. The van der Waals surface area contributed by atoms with Gasteiger partial charge in [-0.2, -0.15) is 0 Å². The van der Waals surface area contributed by atoms with Gasteiger partial charge in [-0.25, -0.2) is 0 Å². The molecule has 0 saturated carbocycles. The fourth-order valence-electron chi connectivity index (χ4n) is 1.78. The van der Waals surface area contributed by atoms with Crippen molar-refractivity contribution in [2.45, 2.75) is 38.9 Å². The minimum absolute atomic E-state index is 0.266. The number of benzene rings is 1. The Morgan fingerprint density at radius 2 is 2.14 bits per heavy atom. The van der Waals surface area contributed by atoms with Gasteiger partial charge in [-0.1, -0.05) is 12.1 Å². The number of hydrogen-bond donors (Lipinski definition) is 1. The van der Waals surface area contributed by atoms with Crippen molar-refractivity contribution >= 4 is 0 Å². The van der Waals surface area contributed by atoms with Crippen LogP contribution in [0.2, 0.25) is 0 Å². The average molecular weight is 192 g/mol. The van der Waals surface area contributed by atoms with E-state index in [9.17, 15) is 5.11 Å². The molecule has 0 radical (unpaired) electrons. The van der Waals surface area contributed by atoms with Crippen molar-refractivity contribution < 1.29 is 9.84 Å². The van der Waals surface area contributed by atoms with Crippen LogP contribution in [0.25, 0.3) is 0 Å². The van der Waals surface area contributed by atoms with E-state index in [2.05, 4.69) is 6.92 Å². The van der Waals surface area contributed by atoms with E-state index in [1.54, 1.807) is 13.8 Å². The molecule has 1 atom stereocenters. The zero-order valence-corrected chi connectivity index (χ0v) is 8.87. The Kier molecular flexibility index (Phi) is 2.04. The van der Waals surface area contributed by atoms with Crippen molar-refractivity contribution in [3.05, 3.63) is 29.3 Å². The molecule has 14 heavy (non-hydrogen) atoms. The molecular formula is C12H16O2. The SMILES string of the molecule is CC1Cc2ccc(C(C)(C)O)cc2O1. The molecule has 0 aliphatic carbocycles. The molecule has 1 N–H and O–H groups in total. The molecule has 1 aliphatic heterocycles. The van der Waals surface area contributed by atoms with E-state index in [0.717, 1.165) is 17.7 Å². The summed E-state index contributed by atoms with van der Waals surface area (Å²) in [5, 5.41) is 9.83. The third-order valence-corrected chi connectivity index (χ3v) is 2.61. The Hall–Kier alpha value is -1.02. The van der Waals surface area contributed by atoms with Crippen LogP contribution in [0.15, 0.2) is 18.2 Å². The molecule has 1 aromatic carbocycles. The van der Waals surface area contributed by atoms with E-state index < -0.39 is 5.60 Å². The number of rotatable bonds is 1. The van der Waals surface area contributed by atoms with Gasteiger partial charge in [0.25, 0.3) is 0 Å². The van der Waals surface area contributed by atoms with Crippen LogP contribution >= 0.6 is 0 Å². The van der Waals surface area contributed by atoms with E-state index >= 15 is 0 Å². The van der Waals surface area contributed by atoms with Crippen LogP contribution in [-0.4, -0.2) is 11.2 Å². The molecule has 1 heterocycles. The number of ether oxygens (including phenoxy) is 1. The van der Waals surface area contributed by atoms with E-state index in [0.29, 0.717) is 0 Å². The van der Waals surface area contributed by atoms with E-state index in [-0.39, 0.29) is 6.10 Å². The van der Waals surface area contributed by atoms with Gasteiger partial charge in [0.05, 0.1) is 5.60 Å². The quantitative estimate of drug-likeness (QED) is 0.739. The smallest absolute Gasteiger partial charge is 0.123 e. The summed E-state index contributed by atoms with van der Waals surface area (Å²) in [5.74, 6) is 0.928. The van der Waals surface area contributed by atoms with Crippen LogP contribution in [-0.2, 0) is 12.0 Å². The Morgan fingerprint density at radius 1 is 1.43 bits per heavy atom. The molecule has 2 rings (SSSR count). The third kappa shape index (κ3) is 1.62. The minimum Gasteiger partial charge on any atom is -0.490 e. The van der Waals surface area contributed by atoms with Gasteiger partial charge in [-0.15, -0.1) is 0 Å². The minimum atomic E-state index is -0.787. The maximum absolute atomic E-state index is 9.83. The van der Waals surface area contributed by atoms with Gasteiger partial charge in [-0.05, 0) is 38.0 Å². The molecule has 2 heteroatoms. The largest absolute Gasteiger partial charge is 0.490 e. The Labute approximate surface area is 84.5 Å². The highest BCUT2D eigenvalue weighted by Gasteiger charge is 2.22. The molecule has 1 aliphatic rings. The zero-order chi connectivity index (χ0) is 10.3. The van der Waals surface area contributed by atoms with Crippen LogP contribution in [0.1, 0.15) is 31.9 Å². The third-order valence-electron chi connectivity index (χ3n) is 2.61. The predicted octanol–water partition coefficient (Wildman–Crippen LogP) is 2.24. The zero-order valence-electron chi connectivity index (χ0n) is 8.87. The highest BCUT2D eigenvalue weighted by Crippen LogP contribution is 2.32. The lowest BCUT2D eigenvalue weighted by Crippen LogP contribution is -2.15. The van der Waals surface area contributed by atoms with Crippen molar-refractivity contribution in [3.63, 3.8) is 0 Å². The highest BCUT2D eigenvalue weighted by molar-refractivity contribution is 5.42. The lowest BCUT2D eigenvalue weighted by Gasteiger charge is -2.18. The van der Waals surface area contributed by atoms with Gasteiger partial charge >= 0.3 is 0 Å². The van der Waals surface area contributed by atoms with Gasteiger partial charge in [0.15, 0.2) is 0 Å². The van der Waals surface area contributed by atoms with E-state index in [1.807, 2.05) is 18.2 Å². The summed E-state index contributed by atoms with van der Waals surface area (Å²) >= 11 is 0. The maximum Gasteiger partial charge on any atom is 0.123 e. The number of fused-ring (bicyclic) bond motifs is 1. The van der Waals surface area contributed by atoms with Gasteiger partial charge in [0.1, 0.15) is 11.9 Å². The Bertz CT molecular complexity index is 350. The van der Waals surface area contributed by atoms with Gasteiger partial charge in [-0.3, -0.25) is 0 Å². The van der Waals surface area contributed by atoms with Crippen LogP contribution in [0.3, 0.4) is 0 Å². The topological polar surface area (TPSA) is 29.5 Å². The van der Waals surface area contributed by atoms with Gasteiger partial charge in [0, 0.05) is 6.42 Å². The van der Waals surface area contributed by atoms with Crippen molar-refractivity contribution in [1.29, 1.82) is 0 Å². The number of hydrogen-bond acceptors (Lipinski definition) is 2. The average Bonchev–Trinajstić information content (AvgIpc) is 2.41. The number of aliphatic hydroxyl groups is 1. The lowest BCUT2D eigenvalue weighted by atomic mass is 9.96. The molecule has 1 unspecified atom stereocenters. The van der Waals surface area contributed by atoms with Crippen LogP contribution in [0.4, 0.5) is 0 Å². The second-order valence-corrected chi connectivity index (χ2v) is 4.51. The molecule has 0 saturated heterocycles. The molecule has 0 spiro atoms. The summed E-state index contributed by atoms with van der Waals surface area (Å²) in [7, 11) is 0. The molecule has 76 valence electrons. The van der Waals surface area contributed by atoms with E-state index in [1.165, 1.54) is 5.56 Å². The second kappa shape index (κ2) is 2.99. The van der Waals surface area contributed by atoms with Gasteiger partial charge in [0.2, 0.25) is 0 Å². The molecule has 2 nitrogen and oxygen atoms in total. The van der Waals surface area contributed by atoms with Gasteiger partial charge < -0.3 is 9.84 Å². The van der Waals surface area contributed by atoms with E-state index in [4.69, 9.17) is 4.74 Å². The first-order valence-corrected chi connectivity index (χ1v) is 4.99. The first-order valence-electron chi connectivity index (χ1n) is 4.99. The van der Waals surface area contributed by atoms with Crippen LogP contribution in [0.5, 0.6) is 5.75 Å². The normalized spacial score (nSPS) is 20.4. The monoisotopic (exact) mass is 192 g/mol. The molecule has 1 aromatic rings. The van der Waals surface area contributed by atoms with Crippen molar-refractivity contribution in [2.24, 2.45) is 0 Å². The standard InChI is InChI=1S/C12H16O2/c1-8-6-9-4-5-10(12(2,3)13)7-11(9)14-8/h4-5,7-8,13H,6H2,1-3H3. The summed E-state index contributed by atoms with van der Waals surface area (Å²) in [6.07, 6.45) is 1.24. The summed E-state index contributed by atoms with van der Waals surface area (Å²) in [6.45, 7) is 5.63. The Balaban J connectivity index is 2.38. The maximum atomic E-state index is 9.83. The fourth-order valence-corrected chi connectivity index (χ4v) is 1.78. The van der Waals surface area contributed by atoms with Crippen LogP contribution < -0.4 is 4.74 Å². The first-order chi connectivity index (χ1) is 6.47. The summed E-state index contributed by atoms with van der Waals surface area (Å²) in [6, 6.07) is 5.96. The summed E-state index contributed by atoms with van der Waals surface area (Å²) in [5.41, 5.74) is 1.36.